The molecule has 0 aliphatic carbocycles. The number of ether oxygens (including phenoxy) is 2. The SMILES string of the molecule is C=C(COC)COc1cc(C(=O)N2CCCCC2)ccc1I. The second kappa shape index (κ2) is 8.53. The minimum Gasteiger partial charge on any atom is -0.488 e. The average Bonchev–Trinajstić information content (AvgIpc) is 2.54. The number of benzene rings is 1. The van der Waals surface area contributed by atoms with Crippen molar-refractivity contribution in [2.45, 2.75) is 19.3 Å². The molecule has 0 radical (unpaired) electrons. The number of carbonyl (C=O) groups is 1. The van der Waals surface area contributed by atoms with E-state index in [1.807, 2.05) is 23.1 Å². The van der Waals surface area contributed by atoms with Crippen molar-refractivity contribution in [3.05, 3.63) is 39.5 Å². The molecule has 0 atom stereocenters. The molecule has 5 heteroatoms. The fraction of sp³-hybridized carbons (Fsp3) is 0.471. The first kappa shape index (κ1) is 17.3. The Morgan fingerprint density at radius 1 is 1.27 bits per heavy atom. The number of piperidine rings is 1. The molecule has 0 N–H and O–H groups in total. The maximum Gasteiger partial charge on any atom is 0.253 e. The Balaban J connectivity index is 2.05. The summed E-state index contributed by atoms with van der Waals surface area (Å²) < 4.78 is 11.8. The quantitative estimate of drug-likeness (QED) is 0.528. The molecule has 1 aromatic rings. The summed E-state index contributed by atoms with van der Waals surface area (Å²) in [5.74, 6) is 0.817. The third-order valence-electron chi connectivity index (χ3n) is 3.60. The molecule has 0 spiro atoms. The van der Waals surface area contributed by atoms with Crippen LogP contribution in [0.1, 0.15) is 29.6 Å². The largest absolute Gasteiger partial charge is 0.488 e. The Morgan fingerprint density at radius 2 is 2.00 bits per heavy atom. The van der Waals surface area contributed by atoms with Crippen molar-refractivity contribution in [1.82, 2.24) is 4.90 Å². The van der Waals surface area contributed by atoms with Crippen LogP contribution in [0.4, 0.5) is 0 Å². The molecule has 1 fully saturated rings. The van der Waals surface area contributed by atoms with Gasteiger partial charge in [-0.15, -0.1) is 0 Å². The van der Waals surface area contributed by atoms with Gasteiger partial charge in [0.2, 0.25) is 0 Å². The number of hydrogen-bond acceptors (Lipinski definition) is 3. The molecule has 1 amide bonds. The number of hydrogen-bond donors (Lipinski definition) is 0. The zero-order valence-corrected chi connectivity index (χ0v) is 15.1. The van der Waals surface area contributed by atoms with E-state index in [9.17, 15) is 4.79 Å². The predicted molar refractivity (Wildman–Crippen MR) is 95.4 cm³/mol. The first-order valence-corrected chi connectivity index (χ1v) is 8.57. The average molecular weight is 415 g/mol. The van der Waals surface area contributed by atoms with Crippen LogP contribution in [0.15, 0.2) is 30.4 Å². The van der Waals surface area contributed by atoms with E-state index in [0.717, 1.165) is 40.8 Å². The van der Waals surface area contributed by atoms with Crippen LogP contribution < -0.4 is 4.74 Å². The Kier molecular flexibility index (Phi) is 6.70. The molecule has 0 bridgehead atoms. The second-order valence-corrected chi connectivity index (χ2v) is 6.63. The van der Waals surface area contributed by atoms with Gasteiger partial charge in [0.1, 0.15) is 12.4 Å². The molecule has 1 aliphatic heterocycles. The number of carbonyl (C=O) groups excluding carboxylic acids is 1. The van der Waals surface area contributed by atoms with Crippen molar-refractivity contribution in [1.29, 1.82) is 0 Å². The van der Waals surface area contributed by atoms with Gasteiger partial charge in [-0.2, -0.15) is 0 Å². The normalized spacial score (nSPS) is 14.7. The van der Waals surface area contributed by atoms with Crippen LogP contribution in [0.3, 0.4) is 0 Å². The van der Waals surface area contributed by atoms with Crippen molar-refractivity contribution in [2.75, 3.05) is 33.4 Å². The van der Waals surface area contributed by atoms with Gasteiger partial charge in [-0.05, 0) is 65.6 Å². The molecule has 4 nitrogen and oxygen atoms in total. The van der Waals surface area contributed by atoms with E-state index in [0.29, 0.717) is 18.8 Å². The van der Waals surface area contributed by atoms with Gasteiger partial charge < -0.3 is 14.4 Å². The van der Waals surface area contributed by atoms with E-state index in [2.05, 4.69) is 29.2 Å². The van der Waals surface area contributed by atoms with Crippen LogP contribution in [-0.2, 0) is 4.74 Å². The topological polar surface area (TPSA) is 38.8 Å². The second-order valence-electron chi connectivity index (χ2n) is 5.47. The monoisotopic (exact) mass is 415 g/mol. The van der Waals surface area contributed by atoms with Crippen LogP contribution in [0.25, 0.3) is 0 Å². The van der Waals surface area contributed by atoms with Gasteiger partial charge in [-0.1, -0.05) is 6.58 Å². The maximum atomic E-state index is 12.5. The Hall–Kier alpha value is -1.08. The summed E-state index contributed by atoms with van der Waals surface area (Å²) in [6.45, 7) is 6.47. The number of amides is 1. The molecule has 120 valence electrons. The number of halogens is 1. The van der Waals surface area contributed by atoms with Crippen LogP contribution in [0.5, 0.6) is 5.75 Å². The van der Waals surface area contributed by atoms with Crippen molar-refractivity contribution in [3.63, 3.8) is 0 Å². The molecular formula is C17H22INO3. The maximum absolute atomic E-state index is 12.5. The molecule has 1 heterocycles. The van der Waals surface area contributed by atoms with E-state index in [4.69, 9.17) is 9.47 Å². The highest BCUT2D eigenvalue weighted by Crippen LogP contribution is 2.24. The summed E-state index contributed by atoms with van der Waals surface area (Å²) in [4.78, 5) is 14.5. The number of rotatable bonds is 6. The molecule has 0 saturated carbocycles. The molecule has 1 saturated heterocycles. The fourth-order valence-corrected chi connectivity index (χ4v) is 2.94. The molecule has 0 unspecified atom stereocenters. The standard InChI is InChI=1S/C17H22INO3/c1-13(11-21-2)12-22-16-10-14(6-7-15(16)18)17(20)19-8-4-3-5-9-19/h6-7,10H,1,3-5,8-9,11-12H2,2H3. The van der Waals surface area contributed by atoms with Gasteiger partial charge in [0.15, 0.2) is 0 Å². The van der Waals surface area contributed by atoms with E-state index in [1.165, 1.54) is 6.42 Å². The lowest BCUT2D eigenvalue weighted by Crippen LogP contribution is -2.35. The Morgan fingerprint density at radius 3 is 2.68 bits per heavy atom. The van der Waals surface area contributed by atoms with Crippen LogP contribution in [0, 0.1) is 3.57 Å². The predicted octanol–water partition coefficient (Wildman–Crippen LogP) is 3.50. The number of likely N-dealkylation sites (tertiary alicyclic amines) is 1. The Labute approximate surface area is 145 Å². The van der Waals surface area contributed by atoms with E-state index >= 15 is 0 Å². The van der Waals surface area contributed by atoms with Crippen LogP contribution in [-0.4, -0.2) is 44.2 Å². The lowest BCUT2D eigenvalue weighted by Gasteiger charge is -2.27. The zero-order valence-electron chi connectivity index (χ0n) is 12.9. The summed E-state index contributed by atoms with van der Waals surface area (Å²) in [5, 5.41) is 0. The summed E-state index contributed by atoms with van der Waals surface area (Å²) >= 11 is 2.21. The number of nitrogens with zero attached hydrogens (tertiary/aromatic N) is 1. The van der Waals surface area contributed by atoms with Gasteiger partial charge in [0.25, 0.3) is 5.91 Å². The van der Waals surface area contributed by atoms with E-state index in [1.54, 1.807) is 7.11 Å². The van der Waals surface area contributed by atoms with Crippen LogP contribution in [0.2, 0.25) is 0 Å². The molecule has 1 aromatic carbocycles. The summed E-state index contributed by atoms with van der Waals surface area (Å²) in [6, 6.07) is 5.63. The van der Waals surface area contributed by atoms with Gasteiger partial charge >= 0.3 is 0 Å². The third-order valence-corrected chi connectivity index (χ3v) is 4.49. The van der Waals surface area contributed by atoms with Gasteiger partial charge in [0.05, 0.1) is 10.2 Å². The Bertz CT molecular complexity index is 539. The van der Waals surface area contributed by atoms with Crippen molar-refractivity contribution >= 4 is 28.5 Å². The number of methoxy groups -OCH3 is 1. The lowest BCUT2D eigenvalue weighted by atomic mass is 10.1. The fourth-order valence-electron chi connectivity index (χ4n) is 2.45. The highest BCUT2D eigenvalue weighted by Gasteiger charge is 2.19. The molecule has 0 aromatic heterocycles. The molecule has 2 rings (SSSR count). The van der Waals surface area contributed by atoms with Gasteiger partial charge in [-0.25, -0.2) is 0 Å². The molecule has 22 heavy (non-hydrogen) atoms. The first-order chi connectivity index (χ1) is 10.6. The van der Waals surface area contributed by atoms with Gasteiger partial charge in [0, 0.05) is 25.8 Å². The minimum atomic E-state index is 0.0941. The highest BCUT2D eigenvalue weighted by atomic mass is 127. The van der Waals surface area contributed by atoms with E-state index in [-0.39, 0.29) is 5.91 Å². The summed E-state index contributed by atoms with van der Waals surface area (Å²) in [7, 11) is 1.63. The molecular weight excluding hydrogens is 393 g/mol. The van der Waals surface area contributed by atoms with Crippen molar-refractivity contribution < 1.29 is 14.3 Å². The third kappa shape index (κ3) is 4.71. The summed E-state index contributed by atoms with van der Waals surface area (Å²) in [5.41, 5.74) is 1.56. The smallest absolute Gasteiger partial charge is 0.253 e. The highest BCUT2D eigenvalue weighted by molar-refractivity contribution is 14.1. The van der Waals surface area contributed by atoms with Crippen LogP contribution >= 0.6 is 22.6 Å². The lowest BCUT2D eigenvalue weighted by molar-refractivity contribution is 0.0724. The first-order valence-electron chi connectivity index (χ1n) is 7.49. The zero-order chi connectivity index (χ0) is 15.9. The molecule has 1 aliphatic rings. The van der Waals surface area contributed by atoms with E-state index < -0.39 is 0 Å². The van der Waals surface area contributed by atoms with Gasteiger partial charge in [-0.3, -0.25) is 4.79 Å². The van der Waals surface area contributed by atoms with Crippen molar-refractivity contribution in [3.8, 4) is 5.75 Å². The van der Waals surface area contributed by atoms with Crippen molar-refractivity contribution in [2.24, 2.45) is 0 Å². The summed E-state index contributed by atoms with van der Waals surface area (Å²) in [6.07, 6.45) is 3.40. The minimum absolute atomic E-state index is 0.0941.